The third-order valence-corrected chi connectivity index (χ3v) is 8.19. The third kappa shape index (κ3) is 8.07. The number of aromatic nitrogens is 1. The molecular formula is C26H31FIN5O5S4. The molecule has 4 N–H and O–H groups in total. The van der Waals surface area contributed by atoms with Crippen LogP contribution in [0.3, 0.4) is 0 Å². The van der Waals surface area contributed by atoms with Crippen LogP contribution in [0.25, 0.3) is 0 Å². The average molecular weight is 768 g/mol. The summed E-state index contributed by atoms with van der Waals surface area (Å²) in [5.74, 6) is -1.45. The Morgan fingerprint density at radius 2 is 1.79 bits per heavy atom. The molecule has 42 heavy (non-hydrogen) atoms. The van der Waals surface area contributed by atoms with Gasteiger partial charge in [-0.1, -0.05) is 13.0 Å². The highest BCUT2D eigenvalue weighted by atomic mass is 127. The Morgan fingerprint density at radius 1 is 1.12 bits per heavy atom. The Balaban J connectivity index is 2.34. The summed E-state index contributed by atoms with van der Waals surface area (Å²) in [5.41, 5.74) is -0.279. The highest BCUT2D eigenvalue weighted by Gasteiger charge is 2.33. The van der Waals surface area contributed by atoms with Crippen molar-refractivity contribution in [3.05, 3.63) is 72.8 Å². The molecule has 0 fully saturated rings. The number of hydrogen-bond donors (Lipinski definition) is 7. The number of nitrogens with one attached hydrogen (secondary N) is 4. The summed E-state index contributed by atoms with van der Waals surface area (Å²) in [4.78, 5) is 27.5. The van der Waals surface area contributed by atoms with Crippen LogP contribution >= 0.6 is 60.5 Å². The van der Waals surface area contributed by atoms with Crippen molar-refractivity contribution in [1.82, 2.24) is 14.6 Å². The van der Waals surface area contributed by atoms with Crippen molar-refractivity contribution in [3.8, 4) is 11.5 Å². The van der Waals surface area contributed by atoms with Crippen molar-refractivity contribution in [1.29, 1.82) is 0 Å². The number of thiol groups is 3. The normalized spacial score (nSPS) is 11.9. The predicted octanol–water partition coefficient (Wildman–Crippen LogP) is 5.51. The minimum absolute atomic E-state index is 0.00269. The maximum atomic E-state index is 15.0. The van der Waals surface area contributed by atoms with Gasteiger partial charge in [0.1, 0.15) is 22.9 Å². The quantitative estimate of drug-likeness (QED) is 0.0784. The van der Waals surface area contributed by atoms with Gasteiger partial charge in [-0.15, -0.1) is 37.9 Å². The van der Waals surface area contributed by atoms with E-state index in [9.17, 15) is 18.0 Å². The Kier molecular flexibility index (Phi) is 11.2. The molecule has 1 heterocycles. The zero-order chi connectivity index (χ0) is 31.6. The summed E-state index contributed by atoms with van der Waals surface area (Å²) in [6.07, 6.45) is 0. The van der Waals surface area contributed by atoms with Gasteiger partial charge in [0.15, 0.2) is 9.28 Å². The van der Waals surface area contributed by atoms with E-state index >= 15 is 4.39 Å². The summed E-state index contributed by atoms with van der Waals surface area (Å²) in [6, 6.07) is 8.71. The van der Waals surface area contributed by atoms with E-state index in [0.717, 1.165) is 4.57 Å². The first-order valence-electron chi connectivity index (χ1n) is 12.5. The molecule has 0 bridgehead atoms. The molecule has 3 rings (SSSR count). The van der Waals surface area contributed by atoms with Crippen molar-refractivity contribution < 1.29 is 22.3 Å². The van der Waals surface area contributed by atoms with Crippen LogP contribution in [0.5, 0.6) is 11.5 Å². The molecule has 3 aromatic rings. The molecule has 0 saturated heterocycles. The van der Waals surface area contributed by atoms with Gasteiger partial charge in [0.2, 0.25) is 0 Å². The van der Waals surface area contributed by atoms with Gasteiger partial charge in [0.25, 0.3) is 21.7 Å². The lowest BCUT2D eigenvalue weighted by Gasteiger charge is -2.28. The summed E-state index contributed by atoms with van der Waals surface area (Å²) < 4.78 is 50.6. The van der Waals surface area contributed by atoms with E-state index in [0.29, 0.717) is 9.13 Å². The van der Waals surface area contributed by atoms with Gasteiger partial charge in [-0.25, -0.2) is 4.39 Å². The van der Waals surface area contributed by atoms with Gasteiger partial charge >= 0.3 is 0 Å². The van der Waals surface area contributed by atoms with Crippen LogP contribution in [0.1, 0.15) is 42.3 Å². The van der Waals surface area contributed by atoms with Gasteiger partial charge in [0, 0.05) is 21.7 Å². The van der Waals surface area contributed by atoms with Crippen LogP contribution in [0.2, 0.25) is 0 Å². The third-order valence-electron chi connectivity index (χ3n) is 5.76. The average Bonchev–Trinajstić information content (AvgIpc) is 2.84. The van der Waals surface area contributed by atoms with Crippen LogP contribution in [0.4, 0.5) is 21.6 Å². The van der Waals surface area contributed by atoms with Crippen molar-refractivity contribution in [3.63, 3.8) is 0 Å². The number of carbonyl (C=O) groups excluding carboxylic acids is 1. The number of pyridine rings is 1. The lowest BCUT2D eigenvalue weighted by atomic mass is 10.1. The molecule has 2 aromatic carbocycles. The summed E-state index contributed by atoms with van der Waals surface area (Å²) in [6.45, 7) is 8.37. The van der Waals surface area contributed by atoms with Crippen LogP contribution in [-0.2, 0) is 13.7 Å². The number of anilines is 3. The van der Waals surface area contributed by atoms with Gasteiger partial charge in [-0.2, -0.15) is 13.1 Å². The molecule has 1 aromatic heterocycles. The zero-order valence-electron chi connectivity index (χ0n) is 23.2. The number of rotatable bonds is 11. The Morgan fingerprint density at radius 3 is 2.36 bits per heavy atom. The number of carbonyl (C=O) groups is 1. The van der Waals surface area contributed by atoms with Crippen molar-refractivity contribution in [2.45, 2.75) is 44.2 Å². The van der Waals surface area contributed by atoms with Gasteiger partial charge in [-0.05, 0) is 80.6 Å². The maximum Gasteiger partial charge on any atom is 0.299 e. The Hall–Kier alpha value is -2.12. The molecule has 0 unspecified atom stereocenters. The second-order valence-electron chi connectivity index (χ2n) is 9.43. The highest BCUT2D eigenvalue weighted by Crippen LogP contribution is 2.41. The molecule has 0 radical (unpaired) electrons. The van der Waals surface area contributed by atoms with Gasteiger partial charge in [-0.3, -0.25) is 18.9 Å². The number of ether oxygens (including phenoxy) is 1. The Bertz CT molecular complexity index is 1680. The number of nitrogens with zero attached hydrogens (tertiary/aromatic N) is 1. The van der Waals surface area contributed by atoms with E-state index in [1.54, 1.807) is 45.9 Å². The van der Waals surface area contributed by atoms with E-state index in [2.05, 4.69) is 58.0 Å². The van der Waals surface area contributed by atoms with E-state index in [1.807, 2.05) is 22.6 Å². The smallest absolute Gasteiger partial charge is 0.299 e. The largest absolute Gasteiger partial charge is 0.456 e. The molecule has 0 atom stereocenters. The fourth-order valence-electron chi connectivity index (χ4n) is 3.89. The SMILES string of the molecule is CCNS(=O)(=O)Nc1cccc(Oc2c(C(=O)NC(C)C)c(Nc3ccc(I)cc3F)n(C(S)(S)S)c(=O)c2C)c1C. The standard InChI is InChI=1S/C26H31FIN5O5S4/c1-6-29-42(36,37)32-18-8-7-9-20(14(18)4)38-22-15(5)25(35)33(26(39,40)41)23(21(22)24(34)30-13(2)3)31-19-11-10-16(28)12-17(19)27/h7-13,29,31-32,39-41H,6H2,1-5H3,(H,30,34). The lowest BCUT2D eigenvalue weighted by molar-refractivity contribution is 0.0940. The number of hydrogen-bond acceptors (Lipinski definition) is 9. The molecule has 0 saturated carbocycles. The van der Waals surface area contributed by atoms with Crippen molar-refractivity contribution in [2.75, 3.05) is 16.6 Å². The second-order valence-corrected chi connectivity index (χ2v) is 15.2. The highest BCUT2D eigenvalue weighted by molar-refractivity contribution is 14.1. The molecule has 10 nitrogen and oxygen atoms in total. The van der Waals surface area contributed by atoms with Crippen LogP contribution in [-0.4, -0.2) is 31.5 Å². The van der Waals surface area contributed by atoms with E-state index in [1.165, 1.54) is 25.1 Å². The van der Waals surface area contributed by atoms with Crippen LogP contribution in [0.15, 0.2) is 41.2 Å². The first-order valence-corrected chi connectivity index (χ1v) is 16.4. The Labute approximate surface area is 274 Å². The molecular weight excluding hydrogens is 736 g/mol. The molecule has 0 aliphatic carbocycles. The first-order chi connectivity index (χ1) is 19.5. The predicted molar refractivity (Wildman–Crippen MR) is 183 cm³/mol. The number of amides is 1. The topological polar surface area (TPSA) is 131 Å². The summed E-state index contributed by atoms with van der Waals surface area (Å²) in [7, 11) is -3.86. The second kappa shape index (κ2) is 13.7. The van der Waals surface area contributed by atoms with Crippen LogP contribution in [0, 0.1) is 23.2 Å². The fraction of sp³-hybridized carbons (Fsp3) is 0.308. The molecule has 0 spiro atoms. The molecule has 0 aliphatic rings. The van der Waals surface area contributed by atoms with Gasteiger partial charge in [0.05, 0.1) is 16.9 Å². The molecule has 228 valence electrons. The maximum absolute atomic E-state index is 15.0. The summed E-state index contributed by atoms with van der Waals surface area (Å²) >= 11 is 15.0. The molecule has 1 amide bonds. The zero-order valence-corrected chi connectivity index (χ0v) is 28.9. The monoisotopic (exact) mass is 767 g/mol. The number of halogens is 2. The molecule has 16 heteroatoms. The fourth-order valence-corrected chi connectivity index (χ4v) is 5.87. The first kappa shape index (κ1) is 34.4. The van der Waals surface area contributed by atoms with Crippen LogP contribution < -0.4 is 30.4 Å². The van der Waals surface area contributed by atoms with Crippen molar-refractivity contribution in [2.24, 2.45) is 0 Å². The van der Waals surface area contributed by atoms with E-state index < -0.39 is 31.0 Å². The molecule has 0 aliphatic heterocycles. The van der Waals surface area contributed by atoms with E-state index in [4.69, 9.17) is 4.74 Å². The lowest BCUT2D eigenvalue weighted by Crippen LogP contribution is -2.37. The van der Waals surface area contributed by atoms with Crippen molar-refractivity contribution >= 4 is 93.8 Å². The van der Waals surface area contributed by atoms with Gasteiger partial charge < -0.3 is 15.4 Å². The minimum atomic E-state index is -3.86. The number of benzene rings is 2. The van der Waals surface area contributed by atoms with E-state index in [-0.39, 0.29) is 52.4 Å². The summed E-state index contributed by atoms with van der Waals surface area (Å²) in [5, 5.41) is 5.65. The minimum Gasteiger partial charge on any atom is -0.456 e.